The standard InChI is InChI=1S/C18H19BrO2/c1-5-13-6-8-14(9-7-13)17(20)16-12(3)15(19)10-11(2)18(16)21-4/h6-10H,5H2,1-4H3. The maximum Gasteiger partial charge on any atom is 0.197 e. The summed E-state index contributed by atoms with van der Waals surface area (Å²) < 4.78 is 6.38. The van der Waals surface area contributed by atoms with E-state index < -0.39 is 0 Å². The number of benzene rings is 2. The minimum absolute atomic E-state index is 0.00333. The third-order valence-corrected chi connectivity index (χ3v) is 4.54. The van der Waals surface area contributed by atoms with Gasteiger partial charge in [0.05, 0.1) is 12.7 Å². The first-order valence-electron chi connectivity index (χ1n) is 6.96. The molecule has 0 fully saturated rings. The topological polar surface area (TPSA) is 26.3 Å². The molecule has 0 saturated carbocycles. The van der Waals surface area contributed by atoms with Crippen molar-refractivity contribution in [1.82, 2.24) is 0 Å². The number of carbonyl (C=O) groups is 1. The highest BCUT2D eigenvalue weighted by Gasteiger charge is 2.20. The molecule has 21 heavy (non-hydrogen) atoms. The summed E-state index contributed by atoms with van der Waals surface area (Å²) in [5.41, 5.74) is 4.39. The van der Waals surface area contributed by atoms with E-state index in [1.54, 1.807) is 7.11 Å². The zero-order valence-corrected chi connectivity index (χ0v) is 14.4. The van der Waals surface area contributed by atoms with Crippen molar-refractivity contribution >= 4 is 21.7 Å². The third kappa shape index (κ3) is 3.03. The number of ketones is 1. The Kier molecular flexibility index (Phi) is 4.84. The first-order valence-corrected chi connectivity index (χ1v) is 7.76. The number of halogens is 1. The number of ether oxygens (including phenoxy) is 1. The molecule has 0 saturated heterocycles. The molecule has 0 heterocycles. The lowest BCUT2D eigenvalue weighted by Gasteiger charge is -2.15. The summed E-state index contributed by atoms with van der Waals surface area (Å²) in [6, 6.07) is 9.75. The second-order valence-electron chi connectivity index (χ2n) is 5.09. The maximum absolute atomic E-state index is 12.9. The molecule has 2 aromatic carbocycles. The number of aryl methyl sites for hydroxylation is 2. The summed E-state index contributed by atoms with van der Waals surface area (Å²) in [5.74, 6) is 0.650. The molecule has 0 N–H and O–H groups in total. The lowest BCUT2D eigenvalue weighted by molar-refractivity contribution is 0.103. The van der Waals surface area contributed by atoms with Crippen LogP contribution in [0.5, 0.6) is 5.75 Å². The normalized spacial score (nSPS) is 10.5. The van der Waals surface area contributed by atoms with Crippen molar-refractivity contribution in [2.45, 2.75) is 27.2 Å². The predicted molar refractivity (Wildman–Crippen MR) is 89.4 cm³/mol. The van der Waals surface area contributed by atoms with Crippen LogP contribution in [-0.2, 0) is 6.42 Å². The van der Waals surface area contributed by atoms with Crippen LogP contribution in [0, 0.1) is 13.8 Å². The van der Waals surface area contributed by atoms with E-state index in [0.29, 0.717) is 16.9 Å². The molecule has 3 heteroatoms. The zero-order valence-electron chi connectivity index (χ0n) is 12.8. The molecule has 2 rings (SSSR count). The van der Waals surface area contributed by atoms with Gasteiger partial charge in [0.15, 0.2) is 5.78 Å². The van der Waals surface area contributed by atoms with Crippen molar-refractivity contribution in [3.8, 4) is 5.75 Å². The molecule has 110 valence electrons. The van der Waals surface area contributed by atoms with Crippen LogP contribution in [0.2, 0.25) is 0 Å². The van der Waals surface area contributed by atoms with Crippen LogP contribution in [0.1, 0.15) is 39.5 Å². The fourth-order valence-electron chi connectivity index (χ4n) is 2.42. The van der Waals surface area contributed by atoms with Gasteiger partial charge >= 0.3 is 0 Å². The summed E-state index contributed by atoms with van der Waals surface area (Å²) in [5, 5.41) is 0. The molecule has 0 atom stereocenters. The number of methoxy groups -OCH3 is 1. The first-order chi connectivity index (χ1) is 9.99. The average Bonchev–Trinajstić information content (AvgIpc) is 2.50. The Labute approximate surface area is 134 Å². The van der Waals surface area contributed by atoms with Crippen LogP contribution in [0.15, 0.2) is 34.8 Å². The Morgan fingerprint density at radius 3 is 2.33 bits per heavy atom. The molecule has 2 aromatic rings. The molecule has 0 aliphatic heterocycles. The van der Waals surface area contributed by atoms with Crippen molar-refractivity contribution in [3.63, 3.8) is 0 Å². The van der Waals surface area contributed by atoms with Crippen molar-refractivity contribution in [1.29, 1.82) is 0 Å². The van der Waals surface area contributed by atoms with Crippen LogP contribution < -0.4 is 4.74 Å². The Hall–Kier alpha value is -1.61. The molecule has 2 nitrogen and oxygen atoms in total. The van der Waals surface area contributed by atoms with Crippen molar-refractivity contribution in [2.75, 3.05) is 7.11 Å². The Morgan fingerprint density at radius 1 is 1.19 bits per heavy atom. The van der Waals surface area contributed by atoms with E-state index in [-0.39, 0.29) is 5.78 Å². The van der Waals surface area contributed by atoms with Crippen molar-refractivity contribution < 1.29 is 9.53 Å². The number of hydrogen-bond acceptors (Lipinski definition) is 2. The SMILES string of the molecule is CCc1ccc(C(=O)c2c(C)c(Br)cc(C)c2OC)cc1. The molecular weight excluding hydrogens is 328 g/mol. The Bertz CT molecular complexity index is 673. The summed E-state index contributed by atoms with van der Waals surface area (Å²) >= 11 is 3.52. The van der Waals surface area contributed by atoms with E-state index in [9.17, 15) is 4.79 Å². The van der Waals surface area contributed by atoms with Gasteiger partial charge < -0.3 is 4.74 Å². The van der Waals surface area contributed by atoms with Crippen molar-refractivity contribution in [3.05, 3.63) is 62.6 Å². The lowest BCUT2D eigenvalue weighted by Crippen LogP contribution is -2.08. The van der Waals surface area contributed by atoms with Gasteiger partial charge in [-0.15, -0.1) is 0 Å². The van der Waals surface area contributed by atoms with E-state index in [1.165, 1.54) is 5.56 Å². The van der Waals surface area contributed by atoms with E-state index in [2.05, 4.69) is 22.9 Å². The van der Waals surface area contributed by atoms with Crippen molar-refractivity contribution in [2.24, 2.45) is 0 Å². The van der Waals surface area contributed by atoms with Gasteiger partial charge in [0.25, 0.3) is 0 Å². The van der Waals surface area contributed by atoms with Gasteiger partial charge in [0.1, 0.15) is 5.75 Å². The van der Waals surface area contributed by atoms with E-state index >= 15 is 0 Å². The van der Waals surface area contributed by atoms with Gasteiger partial charge in [0.2, 0.25) is 0 Å². The molecule has 0 aromatic heterocycles. The number of carbonyl (C=O) groups excluding carboxylic acids is 1. The third-order valence-electron chi connectivity index (χ3n) is 3.72. The smallest absolute Gasteiger partial charge is 0.197 e. The molecule has 0 aliphatic rings. The van der Waals surface area contributed by atoms with Crippen LogP contribution >= 0.6 is 15.9 Å². The van der Waals surface area contributed by atoms with Crippen LogP contribution in [-0.4, -0.2) is 12.9 Å². The number of rotatable bonds is 4. The fourth-order valence-corrected chi connectivity index (χ4v) is 2.97. The maximum atomic E-state index is 12.9. The van der Waals surface area contributed by atoms with E-state index in [1.807, 2.05) is 44.2 Å². The second-order valence-corrected chi connectivity index (χ2v) is 5.94. The minimum atomic E-state index is -0.00333. The van der Waals surface area contributed by atoms with Gasteiger partial charge in [-0.3, -0.25) is 4.79 Å². The van der Waals surface area contributed by atoms with Crippen LogP contribution in [0.3, 0.4) is 0 Å². The Balaban J connectivity index is 2.56. The van der Waals surface area contributed by atoms with Gasteiger partial charge in [-0.2, -0.15) is 0 Å². The summed E-state index contributed by atoms with van der Waals surface area (Å²) in [6.07, 6.45) is 0.965. The monoisotopic (exact) mass is 346 g/mol. The van der Waals surface area contributed by atoms with Crippen LogP contribution in [0.25, 0.3) is 0 Å². The highest BCUT2D eigenvalue weighted by Crippen LogP contribution is 2.33. The molecular formula is C18H19BrO2. The van der Waals surface area contributed by atoms with Gasteiger partial charge in [-0.05, 0) is 43.0 Å². The predicted octanol–water partition coefficient (Wildman–Crippen LogP) is 4.87. The number of hydrogen-bond donors (Lipinski definition) is 0. The largest absolute Gasteiger partial charge is 0.496 e. The molecule has 0 unspecified atom stereocenters. The molecule has 0 spiro atoms. The molecule has 0 aliphatic carbocycles. The van der Waals surface area contributed by atoms with E-state index in [0.717, 1.165) is 22.0 Å². The summed E-state index contributed by atoms with van der Waals surface area (Å²) in [6.45, 7) is 5.97. The summed E-state index contributed by atoms with van der Waals surface area (Å²) in [7, 11) is 1.60. The highest BCUT2D eigenvalue weighted by atomic mass is 79.9. The molecule has 0 amide bonds. The van der Waals surface area contributed by atoms with Crippen LogP contribution in [0.4, 0.5) is 0 Å². The second kappa shape index (κ2) is 6.44. The van der Waals surface area contributed by atoms with Gasteiger partial charge in [0, 0.05) is 10.0 Å². The molecule has 0 radical (unpaired) electrons. The quantitative estimate of drug-likeness (QED) is 0.738. The fraction of sp³-hybridized carbons (Fsp3) is 0.278. The minimum Gasteiger partial charge on any atom is -0.496 e. The van der Waals surface area contributed by atoms with Gasteiger partial charge in [-0.1, -0.05) is 47.1 Å². The Morgan fingerprint density at radius 2 is 1.81 bits per heavy atom. The first kappa shape index (κ1) is 15.8. The van der Waals surface area contributed by atoms with Gasteiger partial charge in [-0.25, -0.2) is 0 Å². The highest BCUT2D eigenvalue weighted by molar-refractivity contribution is 9.10. The van der Waals surface area contributed by atoms with E-state index in [4.69, 9.17) is 4.74 Å². The average molecular weight is 347 g/mol. The lowest BCUT2D eigenvalue weighted by atomic mass is 9.95. The molecule has 0 bridgehead atoms. The zero-order chi connectivity index (χ0) is 15.6. The summed E-state index contributed by atoms with van der Waals surface area (Å²) in [4.78, 5) is 12.9.